The smallest absolute Gasteiger partial charge is 0.269 e. The monoisotopic (exact) mass is 376 g/mol. The first-order valence-electron chi connectivity index (χ1n) is 9.47. The van der Waals surface area contributed by atoms with E-state index in [4.69, 9.17) is 5.73 Å². The lowest BCUT2D eigenvalue weighted by Crippen LogP contribution is -2.47. The summed E-state index contributed by atoms with van der Waals surface area (Å²) in [5, 5.41) is 0. The lowest BCUT2D eigenvalue weighted by molar-refractivity contribution is -0.117. The summed E-state index contributed by atoms with van der Waals surface area (Å²) in [6.07, 6.45) is 9.30. The molecule has 2 amide bonds. The van der Waals surface area contributed by atoms with E-state index in [1.807, 2.05) is 18.2 Å². The van der Waals surface area contributed by atoms with Gasteiger partial charge in [0.2, 0.25) is 5.91 Å². The Kier molecular flexibility index (Phi) is 4.51. The molecule has 0 aliphatic carbocycles. The van der Waals surface area contributed by atoms with Crippen molar-refractivity contribution < 1.29 is 9.59 Å². The van der Waals surface area contributed by atoms with Gasteiger partial charge in [-0.25, -0.2) is 4.99 Å². The number of dihydropyridines is 1. The molecular formula is C22H24N4O2. The van der Waals surface area contributed by atoms with Crippen molar-refractivity contribution in [3.05, 3.63) is 59.3 Å². The highest BCUT2D eigenvalue weighted by Crippen LogP contribution is 2.35. The van der Waals surface area contributed by atoms with Gasteiger partial charge in [-0.05, 0) is 54.3 Å². The minimum atomic E-state index is -0.291. The molecule has 0 radical (unpaired) electrons. The van der Waals surface area contributed by atoms with Gasteiger partial charge in [-0.15, -0.1) is 0 Å². The van der Waals surface area contributed by atoms with E-state index < -0.39 is 0 Å². The van der Waals surface area contributed by atoms with Crippen LogP contribution in [0.4, 0.5) is 5.69 Å². The molecule has 4 rings (SSSR count). The molecule has 0 saturated heterocycles. The number of nitrogens with two attached hydrogens (primary N) is 1. The summed E-state index contributed by atoms with van der Waals surface area (Å²) in [6, 6.07) is 6.33. The summed E-state index contributed by atoms with van der Waals surface area (Å²) in [7, 11) is 1.81. The maximum Gasteiger partial charge on any atom is 0.269 e. The van der Waals surface area contributed by atoms with E-state index in [9.17, 15) is 9.59 Å². The predicted molar refractivity (Wildman–Crippen MR) is 111 cm³/mol. The fraction of sp³-hybridized carbons (Fsp3) is 0.318. The number of hydrogen-bond acceptors (Lipinski definition) is 4. The molecule has 28 heavy (non-hydrogen) atoms. The highest BCUT2D eigenvalue weighted by molar-refractivity contribution is 6.01. The number of carbonyl (C=O) groups is 2. The standard InChI is InChI=1S/C22H24N4O2/c1-13(2)26-12-17(9-18(22(26)23)15-5-7-20(27)24-11-15)14-4-6-19-16(8-14)10-21(28)25(19)3/h4-9,11-13,15,22H,10,23H2,1-3H3. The Bertz CT molecular complexity index is 955. The van der Waals surface area contributed by atoms with Crippen LogP contribution in [0.25, 0.3) is 5.57 Å². The summed E-state index contributed by atoms with van der Waals surface area (Å²) in [4.78, 5) is 31.2. The van der Waals surface area contributed by atoms with Crippen LogP contribution in [-0.4, -0.2) is 42.2 Å². The van der Waals surface area contributed by atoms with Crippen molar-refractivity contribution in [3.8, 4) is 0 Å². The fourth-order valence-corrected chi connectivity index (χ4v) is 3.92. The molecule has 6 heteroatoms. The number of benzene rings is 1. The number of carbonyl (C=O) groups excluding carboxylic acids is 2. The Morgan fingerprint density at radius 3 is 2.71 bits per heavy atom. The zero-order chi connectivity index (χ0) is 20.0. The molecule has 2 atom stereocenters. The third kappa shape index (κ3) is 3.10. The number of nitrogens with zero attached hydrogens (tertiary/aromatic N) is 3. The minimum Gasteiger partial charge on any atom is -0.356 e. The van der Waals surface area contributed by atoms with Crippen molar-refractivity contribution >= 4 is 29.3 Å². The van der Waals surface area contributed by atoms with Gasteiger partial charge >= 0.3 is 0 Å². The predicted octanol–water partition coefficient (Wildman–Crippen LogP) is 2.27. The zero-order valence-corrected chi connectivity index (χ0v) is 16.3. The van der Waals surface area contributed by atoms with E-state index >= 15 is 0 Å². The van der Waals surface area contributed by atoms with Crippen LogP contribution in [0.15, 0.2) is 53.2 Å². The molecule has 2 N–H and O–H groups in total. The van der Waals surface area contributed by atoms with Crippen LogP contribution in [-0.2, 0) is 16.0 Å². The van der Waals surface area contributed by atoms with Gasteiger partial charge in [0, 0.05) is 43.2 Å². The number of fused-ring (bicyclic) bond motifs is 1. The molecular weight excluding hydrogens is 352 g/mol. The number of anilines is 1. The van der Waals surface area contributed by atoms with Gasteiger partial charge in [-0.3, -0.25) is 9.59 Å². The van der Waals surface area contributed by atoms with Gasteiger partial charge in [0.25, 0.3) is 5.91 Å². The van der Waals surface area contributed by atoms with Crippen molar-refractivity contribution in [2.24, 2.45) is 16.6 Å². The molecule has 3 heterocycles. The van der Waals surface area contributed by atoms with E-state index in [1.54, 1.807) is 18.2 Å². The molecule has 1 aromatic rings. The topological polar surface area (TPSA) is 79.0 Å². The van der Waals surface area contributed by atoms with Crippen LogP contribution < -0.4 is 10.6 Å². The van der Waals surface area contributed by atoms with Crippen LogP contribution in [0.1, 0.15) is 25.0 Å². The molecule has 1 aromatic carbocycles. The zero-order valence-electron chi connectivity index (χ0n) is 16.3. The number of rotatable bonds is 3. The maximum absolute atomic E-state index is 12.0. The van der Waals surface area contributed by atoms with E-state index in [2.05, 4.69) is 42.1 Å². The average Bonchev–Trinajstić information content (AvgIpc) is 2.96. The first-order chi connectivity index (χ1) is 13.3. The van der Waals surface area contributed by atoms with E-state index in [0.29, 0.717) is 6.42 Å². The van der Waals surface area contributed by atoms with Gasteiger partial charge in [0.1, 0.15) is 6.17 Å². The fourth-order valence-electron chi connectivity index (χ4n) is 3.92. The Morgan fingerprint density at radius 2 is 2.04 bits per heavy atom. The number of allylic oxidation sites excluding steroid dienone is 3. The quantitative estimate of drug-likeness (QED) is 0.878. The van der Waals surface area contributed by atoms with E-state index in [0.717, 1.165) is 28.0 Å². The van der Waals surface area contributed by atoms with Crippen LogP contribution in [0, 0.1) is 5.92 Å². The third-order valence-corrected chi connectivity index (χ3v) is 5.55. The highest BCUT2D eigenvalue weighted by atomic mass is 16.2. The van der Waals surface area contributed by atoms with Crippen LogP contribution >= 0.6 is 0 Å². The van der Waals surface area contributed by atoms with Crippen LogP contribution in [0.2, 0.25) is 0 Å². The highest BCUT2D eigenvalue weighted by Gasteiger charge is 2.29. The molecule has 0 saturated carbocycles. The second kappa shape index (κ2) is 6.87. The van der Waals surface area contributed by atoms with Crippen molar-refractivity contribution in [2.75, 3.05) is 11.9 Å². The Morgan fingerprint density at radius 1 is 1.25 bits per heavy atom. The molecule has 3 aliphatic rings. The molecule has 0 spiro atoms. The molecule has 144 valence electrons. The number of aliphatic imine (C=N–C) groups is 1. The van der Waals surface area contributed by atoms with Gasteiger partial charge in [0.05, 0.1) is 6.42 Å². The number of amides is 2. The average molecular weight is 376 g/mol. The van der Waals surface area contributed by atoms with Gasteiger partial charge in [-0.1, -0.05) is 12.1 Å². The molecule has 0 fully saturated rings. The third-order valence-electron chi connectivity index (χ3n) is 5.55. The van der Waals surface area contributed by atoms with Gasteiger partial charge < -0.3 is 15.5 Å². The molecule has 3 aliphatic heterocycles. The first kappa shape index (κ1) is 18.4. The van der Waals surface area contributed by atoms with Gasteiger partial charge in [0.15, 0.2) is 0 Å². The largest absolute Gasteiger partial charge is 0.356 e. The molecule has 0 aromatic heterocycles. The minimum absolute atomic E-state index is 0.111. The van der Waals surface area contributed by atoms with E-state index in [1.165, 1.54) is 6.08 Å². The molecule has 0 bridgehead atoms. The first-order valence-corrected chi connectivity index (χ1v) is 9.47. The summed E-state index contributed by atoms with van der Waals surface area (Å²) in [6.45, 7) is 4.20. The second-order valence-electron chi connectivity index (χ2n) is 7.69. The summed E-state index contributed by atoms with van der Waals surface area (Å²) in [5.41, 5.74) is 11.6. The van der Waals surface area contributed by atoms with Crippen molar-refractivity contribution in [2.45, 2.75) is 32.5 Å². The lowest BCUT2D eigenvalue weighted by atomic mass is 9.88. The maximum atomic E-state index is 12.0. The normalized spacial score (nSPS) is 24.0. The second-order valence-corrected chi connectivity index (χ2v) is 7.69. The van der Waals surface area contributed by atoms with Crippen LogP contribution in [0.3, 0.4) is 0 Å². The molecule has 6 nitrogen and oxygen atoms in total. The Hall–Kier alpha value is -2.99. The van der Waals surface area contributed by atoms with Crippen LogP contribution in [0.5, 0.6) is 0 Å². The SMILES string of the molecule is CC(C)N1C=C(c2ccc3c(c2)CC(=O)N3C)C=C(C2C=CC(=O)N=C2)C1N. The summed E-state index contributed by atoms with van der Waals surface area (Å²) in [5.74, 6) is -0.245. The Labute approximate surface area is 164 Å². The molecule has 2 unspecified atom stereocenters. The summed E-state index contributed by atoms with van der Waals surface area (Å²) < 4.78 is 0. The summed E-state index contributed by atoms with van der Waals surface area (Å²) >= 11 is 0. The van der Waals surface area contributed by atoms with Crippen molar-refractivity contribution in [1.29, 1.82) is 0 Å². The van der Waals surface area contributed by atoms with Gasteiger partial charge in [-0.2, -0.15) is 0 Å². The number of likely N-dealkylation sites (N-methyl/N-ethyl adjacent to an activating group) is 1. The lowest BCUT2D eigenvalue weighted by Gasteiger charge is -2.38. The van der Waals surface area contributed by atoms with Crippen molar-refractivity contribution in [3.63, 3.8) is 0 Å². The Balaban J connectivity index is 1.75. The van der Waals surface area contributed by atoms with Crippen molar-refractivity contribution in [1.82, 2.24) is 4.90 Å². The van der Waals surface area contributed by atoms with E-state index in [-0.39, 0.29) is 29.9 Å². The number of hydrogen-bond donors (Lipinski definition) is 1.